The lowest BCUT2D eigenvalue weighted by Gasteiger charge is -2.28. The zero-order chi connectivity index (χ0) is 18.1. The molecule has 5 nitrogen and oxygen atoms in total. The van der Waals surface area contributed by atoms with E-state index in [0.717, 1.165) is 37.0 Å². The Labute approximate surface area is 141 Å². The Morgan fingerprint density at radius 1 is 0.870 bits per heavy atom. The van der Waals surface area contributed by atoms with Crippen molar-refractivity contribution in [3.05, 3.63) is 12.7 Å². The third-order valence-corrected chi connectivity index (χ3v) is 2.77. The summed E-state index contributed by atoms with van der Waals surface area (Å²) in [5.41, 5.74) is -1.30. The van der Waals surface area contributed by atoms with Crippen LogP contribution in [0.5, 0.6) is 0 Å². The molecule has 0 saturated heterocycles. The number of carbonyl (C=O) groups is 2. The molecular formula is C18H33NO4. The maximum Gasteiger partial charge on any atom is 0.419 e. The number of hydrogen-bond donors (Lipinski definition) is 0. The van der Waals surface area contributed by atoms with Crippen molar-refractivity contribution in [2.45, 2.75) is 84.8 Å². The Morgan fingerprint density at radius 2 is 1.30 bits per heavy atom. The minimum absolute atomic E-state index is 0.303. The molecule has 0 N–H and O–H groups in total. The van der Waals surface area contributed by atoms with E-state index in [0.29, 0.717) is 6.54 Å². The first-order chi connectivity index (χ1) is 10.5. The second-order valence-corrected chi connectivity index (χ2v) is 7.60. The van der Waals surface area contributed by atoms with Crippen LogP contribution in [0.3, 0.4) is 0 Å². The van der Waals surface area contributed by atoms with Crippen molar-refractivity contribution in [2.24, 2.45) is 0 Å². The summed E-state index contributed by atoms with van der Waals surface area (Å²) in [7, 11) is 0. The van der Waals surface area contributed by atoms with Crippen LogP contribution in [0.1, 0.15) is 73.6 Å². The predicted molar refractivity (Wildman–Crippen MR) is 92.5 cm³/mol. The molecule has 2 amide bonds. The zero-order valence-corrected chi connectivity index (χ0v) is 15.6. The molecule has 0 bridgehead atoms. The lowest BCUT2D eigenvalue weighted by Crippen LogP contribution is -2.44. The van der Waals surface area contributed by atoms with E-state index in [9.17, 15) is 9.59 Å². The molecule has 23 heavy (non-hydrogen) atoms. The average Bonchev–Trinajstić information content (AvgIpc) is 2.33. The number of allylic oxidation sites excluding steroid dienone is 1. The van der Waals surface area contributed by atoms with E-state index in [2.05, 4.69) is 6.58 Å². The standard InChI is InChI=1S/C18H33NO4/c1-8-9-10-11-12-13-14-19(15(20)22-17(2,3)4)16(21)23-18(5,6)7/h8H,1,9-14H2,2-7H3. The molecule has 0 aliphatic carbocycles. The van der Waals surface area contributed by atoms with Crippen LogP contribution in [0, 0.1) is 0 Å². The third kappa shape index (κ3) is 11.7. The minimum atomic E-state index is -0.655. The first kappa shape index (κ1) is 21.5. The molecule has 0 unspecified atom stereocenters. The van der Waals surface area contributed by atoms with Crippen molar-refractivity contribution < 1.29 is 19.1 Å². The van der Waals surface area contributed by atoms with Crippen molar-refractivity contribution >= 4 is 12.2 Å². The SMILES string of the molecule is C=CCCCCCCN(C(=O)OC(C)(C)C)C(=O)OC(C)(C)C. The van der Waals surface area contributed by atoms with E-state index in [-0.39, 0.29) is 0 Å². The number of imide groups is 1. The van der Waals surface area contributed by atoms with Gasteiger partial charge in [-0.2, -0.15) is 0 Å². The topological polar surface area (TPSA) is 55.8 Å². The van der Waals surface area contributed by atoms with Crippen molar-refractivity contribution in [1.82, 2.24) is 4.90 Å². The van der Waals surface area contributed by atoms with Crippen molar-refractivity contribution in [3.8, 4) is 0 Å². The lowest BCUT2D eigenvalue weighted by atomic mass is 10.1. The summed E-state index contributed by atoms with van der Waals surface area (Å²) in [5, 5.41) is 0. The van der Waals surface area contributed by atoms with Gasteiger partial charge in [0.15, 0.2) is 0 Å². The van der Waals surface area contributed by atoms with Gasteiger partial charge in [-0.25, -0.2) is 14.5 Å². The van der Waals surface area contributed by atoms with Gasteiger partial charge in [-0.1, -0.05) is 18.9 Å². The van der Waals surface area contributed by atoms with Gasteiger partial charge in [-0.3, -0.25) is 0 Å². The van der Waals surface area contributed by atoms with Gasteiger partial charge < -0.3 is 9.47 Å². The largest absolute Gasteiger partial charge is 0.443 e. The fourth-order valence-electron chi connectivity index (χ4n) is 1.80. The molecule has 5 heteroatoms. The molecule has 0 aromatic heterocycles. The molecule has 134 valence electrons. The first-order valence-electron chi connectivity index (χ1n) is 8.30. The van der Waals surface area contributed by atoms with Gasteiger partial charge in [-0.15, -0.1) is 6.58 Å². The number of carbonyl (C=O) groups excluding carboxylic acids is 2. The molecule has 0 spiro atoms. The van der Waals surface area contributed by atoms with Gasteiger partial charge in [0, 0.05) is 6.54 Å². The molecule has 0 aliphatic heterocycles. The molecule has 0 heterocycles. The van der Waals surface area contributed by atoms with Crippen LogP contribution in [0.4, 0.5) is 9.59 Å². The van der Waals surface area contributed by atoms with E-state index in [4.69, 9.17) is 9.47 Å². The molecule has 0 saturated carbocycles. The van der Waals surface area contributed by atoms with Crippen LogP contribution in [-0.2, 0) is 9.47 Å². The number of unbranched alkanes of at least 4 members (excludes halogenated alkanes) is 4. The minimum Gasteiger partial charge on any atom is -0.443 e. The molecule has 0 aromatic carbocycles. The van der Waals surface area contributed by atoms with Crippen LogP contribution >= 0.6 is 0 Å². The monoisotopic (exact) mass is 327 g/mol. The Balaban J connectivity index is 4.64. The van der Waals surface area contributed by atoms with E-state index >= 15 is 0 Å². The summed E-state index contributed by atoms with van der Waals surface area (Å²) in [4.78, 5) is 25.5. The van der Waals surface area contributed by atoms with Gasteiger partial charge in [0.2, 0.25) is 0 Å². The smallest absolute Gasteiger partial charge is 0.419 e. The summed E-state index contributed by atoms with van der Waals surface area (Å²) in [6.45, 7) is 14.6. The van der Waals surface area contributed by atoms with E-state index < -0.39 is 23.4 Å². The summed E-state index contributed by atoms with van der Waals surface area (Å²) in [6.07, 6.45) is 5.36. The van der Waals surface area contributed by atoms with Crippen LogP contribution < -0.4 is 0 Å². The second kappa shape index (κ2) is 9.58. The molecule has 0 aliphatic rings. The highest BCUT2D eigenvalue weighted by atomic mass is 16.6. The molecule has 0 atom stereocenters. The molecule has 0 fully saturated rings. The molecule has 0 rings (SSSR count). The Bertz CT molecular complexity index is 363. The summed E-state index contributed by atoms with van der Waals surface area (Å²) in [6, 6.07) is 0. The van der Waals surface area contributed by atoms with E-state index in [1.54, 1.807) is 41.5 Å². The summed E-state index contributed by atoms with van der Waals surface area (Å²) >= 11 is 0. The van der Waals surface area contributed by atoms with Crippen molar-refractivity contribution in [2.75, 3.05) is 6.54 Å². The van der Waals surface area contributed by atoms with Gasteiger partial charge >= 0.3 is 12.2 Å². The maximum absolute atomic E-state index is 12.2. The summed E-state index contributed by atoms with van der Waals surface area (Å²) in [5.74, 6) is 0. The molecule has 0 radical (unpaired) electrons. The maximum atomic E-state index is 12.2. The van der Waals surface area contributed by atoms with Gasteiger partial charge in [0.1, 0.15) is 11.2 Å². The van der Waals surface area contributed by atoms with Gasteiger partial charge in [0.25, 0.3) is 0 Å². The third-order valence-electron chi connectivity index (χ3n) is 2.77. The highest BCUT2D eigenvalue weighted by Crippen LogP contribution is 2.15. The van der Waals surface area contributed by atoms with E-state index in [1.165, 1.54) is 0 Å². The fourth-order valence-corrected chi connectivity index (χ4v) is 1.80. The van der Waals surface area contributed by atoms with Crippen molar-refractivity contribution in [3.63, 3.8) is 0 Å². The number of ether oxygens (including phenoxy) is 2. The second-order valence-electron chi connectivity index (χ2n) is 7.60. The Kier molecular flexibility index (Phi) is 8.95. The van der Waals surface area contributed by atoms with Gasteiger partial charge in [-0.05, 0) is 60.8 Å². The van der Waals surface area contributed by atoms with Crippen molar-refractivity contribution in [1.29, 1.82) is 0 Å². The zero-order valence-electron chi connectivity index (χ0n) is 15.6. The number of hydrogen-bond acceptors (Lipinski definition) is 4. The summed E-state index contributed by atoms with van der Waals surface area (Å²) < 4.78 is 10.6. The number of nitrogens with zero attached hydrogens (tertiary/aromatic N) is 1. The highest BCUT2D eigenvalue weighted by molar-refractivity contribution is 5.88. The Hall–Kier alpha value is -1.52. The normalized spacial score (nSPS) is 11.7. The van der Waals surface area contributed by atoms with Crippen LogP contribution in [0.2, 0.25) is 0 Å². The van der Waals surface area contributed by atoms with Gasteiger partial charge in [0.05, 0.1) is 0 Å². The lowest BCUT2D eigenvalue weighted by molar-refractivity contribution is 0.00119. The quantitative estimate of drug-likeness (QED) is 0.470. The average molecular weight is 327 g/mol. The molecular weight excluding hydrogens is 294 g/mol. The fraction of sp³-hybridized carbons (Fsp3) is 0.778. The number of rotatable bonds is 7. The first-order valence-corrected chi connectivity index (χ1v) is 8.30. The van der Waals surface area contributed by atoms with E-state index in [1.807, 2.05) is 6.08 Å². The number of amides is 2. The Morgan fingerprint density at radius 3 is 1.70 bits per heavy atom. The predicted octanol–water partition coefficient (Wildman–Crippen LogP) is 5.30. The van der Waals surface area contributed by atoms with Crippen LogP contribution in [0.15, 0.2) is 12.7 Å². The highest BCUT2D eigenvalue weighted by Gasteiger charge is 2.30. The van der Waals surface area contributed by atoms with Crippen LogP contribution in [-0.4, -0.2) is 34.8 Å². The van der Waals surface area contributed by atoms with Crippen LogP contribution in [0.25, 0.3) is 0 Å². The molecule has 0 aromatic rings.